The van der Waals surface area contributed by atoms with Gasteiger partial charge >= 0.3 is 0 Å². The molecule has 2 aromatic rings. The maximum Gasteiger partial charge on any atom is 0.216 e. The van der Waals surface area contributed by atoms with Crippen molar-refractivity contribution < 1.29 is 5.11 Å². The molecule has 0 bridgehead atoms. The second-order valence-corrected chi connectivity index (χ2v) is 10.6. The molecule has 2 atom stereocenters. The monoisotopic (exact) mass is 527 g/mol. The van der Waals surface area contributed by atoms with Gasteiger partial charge in [-0.15, -0.1) is 13.2 Å². The number of aryl methyl sites for hydroxylation is 2. The number of hydrazine groups is 1. The molecule has 0 aromatic heterocycles. The Balaban J connectivity index is 1.18. The highest BCUT2D eigenvalue weighted by atomic mass is 16.3. The minimum atomic E-state index is -0.549. The van der Waals surface area contributed by atoms with Crippen LogP contribution in [-0.2, 0) is 12.8 Å². The average Bonchev–Trinajstić information content (AvgIpc) is 3.12. The van der Waals surface area contributed by atoms with Crippen molar-refractivity contribution in [2.24, 2.45) is 15.8 Å². The van der Waals surface area contributed by atoms with Gasteiger partial charge in [-0.25, -0.2) is 10.8 Å². The molecule has 2 aromatic carbocycles. The molecule has 2 aliphatic heterocycles. The number of aliphatic hydroxyl groups excluding tert-OH is 1. The standard InChI is InChI=1S/C31H41N7O/c1-3-9-28-34-29(10-4-2)38(32)31(35-28)33-21-25(39)22-36-17-19-37(20-18-36)30-26-13-7-5-11-23(26)15-16-24-12-6-8-14-27(24)30/h3-8,11-14,25,29-30,39H,1-2,9-10,15-22,32H2,(H,33,34,35). The molecule has 4 N–H and O–H groups in total. The normalized spacial score (nSPS) is 21.2. The van der Waals surface area contributed by atoms with Gasteiger partial charge in [0, 0.05) is 52.1 Å². The molecule has 0 saturated carbocycles. The topological polar surface area (TPSA) is 92.7 Å². The number of benzene rings is 2. The Morgan fingerprint density at radius 2 is 1.62 bits per heavy atom. The van der Waals surface area contributed by atoms with Gasteiger partial charge in [0.15, 0.2) is 0 Å². The summed E-state index contributed by atoms with van der Waals surface area (Å²) in [7, 11) is 0. The van der Waals surface area contributed by atoms with Crippen molar-refractivity contribution in [2.75, 3.05) is 39.3 Å². The highest BCUT2D eigenvalue weighted by Crippen LogP contribution is 2.37. The van der Waals surface area contributed by atoms with E-state index in [-0.39, 0.29) is 12.2 Å². The third-order valence-corrected chi connectivity index (χ3v) is 7.90. The molecule has 206 valence electrons. The lowest BCUT2D eigenvalue weighted by Gasteiger charge is -2.41. The summed E-state index contributed by atoms with van der Waals surface area (Å²) >= 11 is 0. The third kappa shape index (κ3) is 6.31. The van der Waals surface area contributed by atoms with Gasteiger partial charge in [-0.1, -0.05) is 60.7 Å². The van der Waals surface area contributed by atoms with E-state index in [1.807, 2.05) is 0 Å². The summed E-state index contributed by atoms with van der Waals surface area (Å²) in [5, 5.41) is 15.6. The number of rotatable bonds is 9. The van der Waals surface area contributed by atoms with Crippen LogP contribution >= 0.6 is 0 Å². The highest BCUT2D eigenvalue weighted by Gasteiger charge is 2.31. The number of hydrogen-bond donors (Lipinski definition) is 3. The van der Waals surface area contributed by atoms with E-state index in [2.05, 4.69) is 86.8 Å². The van der Waals surface area contributed by atoms with E-state index in [1.54, 1.807) is 12.2 Å². The first-order valence-electron chi connectivity index (χ1n) is 14.0. The van der Waals surface area contributed by atoms with Gasteiger partial charge in [0.2, 0.25) is 5.96 Å². The lowest BCUT2D eigenvalue weighted by molar-refractivity contribution is 0.0636. The fourth-order valence-electron chi connectivity index (χ4n) is 5.92. The first-order chi connectivity index (χ1) is 19.1. The molecule has 1 fully saturated rings. The SMILES string of the molecule is C=CCC1=NC(CC=C)N(N)C(NCC(O)CN2CCN(C3c4ccccc4CCc4ccccc43)CC2)=N1. The van der Waals surface area contributed by atoms with E-state index < -0.39 is 6.10 Å². The Morgan fingerprint density at radius 3 is 2.23 bits per heavy atom. The number of aliphatic imine (C=N–C) groups is 2. The molecule has 8 heteroatoms. The molecule has 1 saturated heterocycles. The number of nitrogens with one attached hydrogen (secondary N) is 1. The third-order valence-electron chi connectivity index (χ3n) is 7.90. The van der Waals surface area contributed by atoms with Crippen LogP contribution in [0.1, 0.15) is 41.1 Å². The van der Waals surface area contributed by atoms with Crippen LogP contribution in [-0.4, -0.2) is 83.2 Å². The van der Waals surface area contributed by atoms with Gasteiger partial charge in [-0.3, -0.25) is 14.8 Å². The molecular weight excluding hydrogens is 486 g/mol. The van der Waals surface area contributed by atoms with Crippen LogP contribution in [0.15, 0.2) is 83.8 Å². The molecule has 1 aliphatic carbocycles. The lowest BCUT2D eigenvalue weighted by atomic mass is 9.92. The van der Waals surface area contributed by atoms with Crippen LogP contribution in [0.2, 0.25) is 0 Å². The zero-order valence-electron chi connectivity index (χ0n) is 22.8. The number of piperazine rings is 1. The second kappa shape index (κ2) is 12.7. The smallest absolute Gasteiger partial charge is 0.216 e. The lowest BCUT2D eigenvalue weighted by Crippen LogP contribution is -2.55. The predicted molar refractivity (Wildman–Crippen MR) is 158 cm³/mol. The van der Waals surface area contributed by atoms with E-state index in [0.717, 1.165) is 39.0 Å². The van der Waals surface area contributed by atoms with E-state index in [0.29, 0.717) is 37.7 Å². The molecule has 0 radical (unpaired) electrons. The summed E-state index contributed by atoms with van der Waals surface area (Å²) in [6.45, 7) is 12.3. The zero-order chi connectivity index (χ0) is 27.2. The maximum atomic E-state index is 10.9. The van der Waals surface area contributed by atoms with Crippen molar-refractivity contribution in [3.8, 4) is 0 Å². The van der Waals surface area contributed by atoms with Gasteiger partial charge in [0.1, 0.15) is 12.0 Å². The summed E-state index contributed by atoms with van der Waals surface area (Å²) in [5.74, 6) is 7.46. The number of hydrogen-bond acceptors (Lipinski definition) is 8. The van der Waals surface area contributed by atoms with Crippen molar-refractivity contribution in [1.29, 1.82) is 0 Å². The summed E-state index contributed by atoms with van der Waals surface area (Å²) in [5.41, 5.74) is 5.79. The number of nitrogens with two attached hydrogens (primary N) is 1. The Hall–Kier alpha value is -3.30. The van der Waals surface area contributed by atoms with Crippen LogP contribution in [0.5, 0.6) is 0 Å². The molecule has 2 unspecified atom stereocenters. The van der Waals surface area contributed by atoms with Crippen LogP contribution < -0.4 is 11.2 Å². The summed E-state index contributed by atoms with van der Waals surface area (Å²) in [4.78, 5) is 14.1. The molecule has 0 spiro atoms. The first-order valence-corrected chi connectivity index (χ1v) is 14.0. The largest absolute Gasteiger partial charge is 0.390 e. The van der Waals surface area contributed by atoms with E-state index >= 15 is 0 Å². The first kappa shape index (κ1) is 27.3. The summed E-state index contributed by atoms with van der Waals surface area (Å²) in [6, 6.07) is 18.1. The quantitative estimate of drug-likeness (QED) is 0.343. The molecular formula is C31H41N7O. The predicted octanol–water partition coefficient (Wildman–Crippen LogP) is 2.86. The van der Waals surface area contributed by atoms with Crippen molar-refractivity contribution in [3.63, 3.8) is 0 Å². The molecule has 39 heavy (non-hydrogen) atoms. The van der Waals surface area contributed by atoms with Gasteiger partial charge < -0.3 is 10.4 Å². The Morgan fingerprint density at radius 1 is 0.974 bits per heavy atom. The minimum absolute atomic E-state index is 0.262. The molecule has 8 nitrogen and oxygen atoms in total. The number of nitrogens with zero attached hydrogens (tertiary/aromatic N) is 5. The van der Waals surface area contributed by atoms with Crippen LogP contribution in [0.4, 0.5) is 0 Å². The fourth-order valence-corrected chi connectivity index (χ4v) is 5.92. The minimum Gasteiger partial charge on any atom is -0.390 e. The van der Waals surface area contributed by atoms with Crippen LogP contribution in [0.3, 0.4) is 0 Å². The maximum absolute atomic E-state index is 10.9. The average molecular weight is 528 g/mol. The van der Waals surface area contributed by atoms with Gasteiger partial charge in [-0.2, -0.15) is 4.99 Å². The summed E-state index contributed by atoms with van der Waals surface area (Å²) < 4.78 is 0. The second-order valence-electron chi connectivity index (χ2n) is 10.6. The molecule has 0 amide bonds. The van der Waals surface area contributed by atoms with Gasteiger partial charge in [0.05, 0.1) is 12.1 Å². The van der Waals surface area contributed by atoms with Crippen molar-refractivity contribution >= 4 is 11.8 Å². The fraction of sp³-hybridized carbons (Fsp3) is 0.419. The molecule has 2 heterocycles. The zero-order valence-corrected chi connectivity index (χ0v) is 22.8. The van der Waals surface area contributed by atoms with Crippen LogP contribution in [0.25, 0.3) is 0 Å². The van der Waals surface area contributed by atoms with Crippen molar-refractivity contribution in [1.82, 2.24) is 20.1 Å². The van der Waals surface area contributed by atoms with Crippen LogP contribution in [0, 0.1) is 0 Å². The van der Waals surface area contributed by atoms with E-state index in [1.165, 1.54) is 27.3 Å². The molecule has 5 rings (SSSR count). The number of guanidine groups is 1. The highest BCUT2D eigenvalue weighted by molar-refractivity contribution is 5.98. The number of β-amino-alcohol motifs (C(OH)–C–C–N with tert-alkyl or cyclic N) is 1. The molecule has 3 aliphatic rings. The Labute approximate surface area is 232 Å². The van der Waals surface area contributed by atoms with Crippen molar-refractivity contribution in [2.45, 2.75) is 44.0 Å². The van der Waals surface area contributed by atoms with Crippen molar-refractivity contribution in [3.05, 3.63) is 96.1 Å². The number of aliphatic hydroxyl groups is 1. The Bertz CT molecular complexity index is 1170. The van der Waals surface area contributed by atoms with E-state index in [4.69, 9.17) is 5.84 Å². The Kier molecular flexibility index (Phi) is 8.88. The number of amidine groups is 1. The van der Waals surface area contributed by atoms with E-state index in [9.17, 15) is 5.11 Å². The number of fused-ring (bicyclic) bond motifs is 2. The summed E-state index contributed by atoms with van der Waals surface area (Å²) in [6.07, 6.45) is 6.11. The van der Waals surface area contributed by atoms with Gasteiger partial charge in [0.25, 0.3) is 0 Å². The van der Waals surface area contributed by atoms with Gasteiger partial charge in [-0.05, 0) is 35.1 Å².